The van der Waals surface area contributed by atoms with Crippen LogP contribution in [0, 0.1) is 0 Å². The van der Waals surface area contributed by atoms with Gasteiger partial charge in [0.25, 0.3) is 5.91 Å². The smallest absolute Gasteiger partial charge is 0.262 e. The van der Waals surface area contributed by atoms with Crippen molar-refractivity contribution in [1.82, 2.24) is 0 Å². The van der Waals surface area contributed by atoms with Crippen molar-refractivity contribution in [1.29, 1.82) is 0 Å². The average molecular weight is 281 g/mol. The molecule has 0 spiro atoms. The molecule has 1 aliphatic rings. The first-order chi connectivity index (χ1) is 9.72. The average Bonchev–Trinajstić information content (AvgIpc) is 2.44. The van der Waals surface area contributed by atoms with Gasteiger partial charge in [0.2, 0.25) is 0 Å². The van der Waals surface area contributed by atoms with Crippen LogP contribution < -0.4 is 14.8 Å². The molecular weight excluding hydrogens is 262 g/mol. The summed E-state index contributed by atoms with van der Waals surface area (Å²) in [5.74, 6) is 1.10. The van der Waals surface area contributed by atoms with Crippen LogP contribution in [-0.4, -0.2) is 38.6 Å². The molecule has 1 amide bonds. The van der Waals surface area contributed by atoms with Crippen LogP contribution in [-0.2, 0) is 14.3 Å². The normalized spacial score (nSPS) is 13.7. The number of carbonyl (C=O) groups is 1. The van der Waals surface area contributed by atoms with Gasteiger partial charge in [-0.25, -0.2) is 0 Å². The summed E-state index contributed by atoms with van der Waals surface area (Å²) in [6, 6.07) is 5.27. The van der Waals surface area contributed by atoms with Gasteiger partial charge in [-0.05, 0) is 26.0 Å². The minimum Gasteiger partial charge on any atom is -0.488 e. The van der Waals surface area contributed by atoms with E-state index in [2.05, 4.69) is 5.32 Å². The van der Waals surface area contributed by atoms with E-state index in [1.807, 2.05) is 13.8 Å². The Morgan fingerprint density at radius 3 is 2.75 bits per heavy atom. The highest BCUT2D eigenvalue weighted by molar-refractivity contribution is 5.95. The number of carbonyl (C=O) groups excluding carboxylic acids is 1. The van der Waals surface area contributed by atoms with E-state index < -0.39 is 6.29 Å². The molecule has 0 saturated carbocycles. The van der Waals surface area contributed by atoms with E-state index in [0.717, 1.165) is 0 Å². The maximum atomic E-state index is 11.3. The van der Waals surface area contributed by atoms with E-state index in [1.54, 1.807) is 18.2 Å². The summed E-state index contributed by atoms with van der Waals surface area (Å²) in [5, 5.41) is 2.73. The third-order valence-corrected chi connectivity index (χ3v) is 2.68. The molecule has 6 nitrogen and oxygen atoms in total. The van der Waals surface area contributed by atoms with Crippen molar-refractivity contribution in [2.45, 2.75) is 20.1 Å². The molecule has 1 aliphatic heterocycles. The van der Waals surface area contributed by atoms with E-state index in [9.17, 15) is 4.79 Å². The Balaban J connectivity index is 1.96. The van der Waals surface area contributed by atoms with Crippen LogP contribution in [0.1, 0.15) is 13.8 Å². The van der Waals surface area contributed by atoms with Crippen LogP contribution >= 0.6 is 0 Å². The van der Waals surface area contributed by atoms with Crippen LogP contribution in [0.5, 0.6) is 11.5 Å². The van der Waals surface area contributed by atoms with E-state index in [-0.39, 0.29) is 19.1 Å². The molecule has 20 heavy (non-hydrogen) atoms. The topological polar surface area (TPSA) is 66.0 Å². The van der Waals surface area contributed by atoms with E-state index in [0.29, 0.717) is 30.4 Å². The van der Waals surface area contributed by atoms with Crippen LogP contribution in [0.25, 0.3) is 0 Å². The fourth-order valence-corrected chi connectivity index (χ4v) is 1.83. The Morgan fingerprint density at radius 2 is 2.05 bits per heavy atom. The lowest BCUT2D eigenvalue weighted by molar-refractivity contribution is -0.152. The molecule has 0 saturated heterocycles. The Kier molecular flexibility index (Phi) is 5.20. The molecule has 0 fully saturated rings. The first-order valence-electron chi connectivity index (χ1n) is 6.65. The number of hydrogen-bond donors (Lipinski definition) is 1. The van der Waals surface area contributed by atoms with Crippen molar-refractivity contribution in [2.75, 3.05) is 31.7 Å². The Hall–Kier alpha value is -1.79. The van der Waals surface area contributed by atoms with Crippen LogP contribution in [0.15, 0.2) is 18.2 Å². The van der Waals surface area contributed by atoms with Crippen molar-refractivity contribution in [3.63, 3.8) is 0 Å². The summed E-state index contributed by atoms with van der Waals surface area (Å²) in [4.78, 5) is 11.3. The Morgan fingerprint density at radius 1 is 1.30 bits per heavy atom. The number of hydrogen-bond acceptors (Lipinski definition) is 5. The molecule has 1 heterocycles. The predicted octanol–water partition coefficient (Wildman–Crippen LogP) is 1.80. The number of anilines is 1. The Labute approximate surface area is 118 Å². The zero-order chi connectivity index (χ0) is 14.4. The minimum absolute atomic E-state index is 0.0456. The Bertz CT molecular complexity index is 457. The molecular formula is C14H19NO5. The SMILES string of the molecule is CCOC(COc1ccc2c(c1)NC(=O)CO2)OCC. The molecule has 1 N–H and O–H groups in total. The largest absolute Gasteiger partial charge is 0.488 e. The van der Waals surface area contributed by atoms with Crippen molar-refractivity contribution < 1.29 is 23.7 Å². The number of amides is 1. The highest BCUT2D eigenvalue weighted by Crippen LogP contribution is 2.31. The number of nitrogens with one attached hydrogen (secondary N) is 1. The predicted molar refractivity (Wildman–Crippen MR) is 73.1 cm³/mol. The van der Waals surface area contributed by atoms with Gasteiger partial charge in [-0.15, -0.1) is 0 Å². The molecule has 0 radical (unpaired) electrons. The van der Waals surface area contributed by atoms with Crippen LogP contribution in [0.4, 0.5) is 5.69 Å². The van der Waals surface area contributed by atoms with Gasteiger partial charge in [0.15, 0.2) is 12.9 Å². The summed E-state index contributed by atoms with van der Waals surface area (Å²) in [5.41, 5.74) is 0.614. The molecule has 1 aromatic carbocycles. The van der Waals surface area contributed by atoms with Gasteiger partial charge < -0.3 is 24.3 Å². The second-order valence-electron chi connectivity index (χ2n) is 4.15. The second-order valence-corrected chi connectivity index (χ2v) is 4.15. The zero-order valence-corrected chi connectivity index (χ0v) is 11.7. The summed E-state index contributed by atoms with van der Waals surface area (Å²) in [6.45, 7) is 5.25. The number of fused-ring (bicyclic) bond motifs is 1. The first-order valence-corrected chi connectivity index (χ1v) is 6.65. The maximum Gasteiger partial charge on any atom is 0.262 e. The van der Waals surface area contributed by atoms with E-state index in [1.165, 1.54) is 0 Å². The van der Waals surface area contributed by atoms with Crippen molar-refractivity contribution in [2.24, 2.45) is 0 Å². The van der Waals surface area contributed by atoms with Crippen molar-refractivity contribution in [3.8, 4) is 11.5 Å². The minimum atomic E-state index is -0.396. The molecule has 0 atom stereocenters. The zero-order valence-electron chi connectivity index (χ0n) is 11.7. The van der Waals surface area contributed by atoms with Gasteiger partial charge in [0, 0.05) is 19.3 Å². The summed E-state index contributed by atoms with van der Waals surface area (Å²) in [6.07, 6.45) is -0.396. The van der Waals surface area contributed by atoms with Gasteiger partial charge in [0.1, 0.15) is 18.1 Å². The van der Waals surface area contributed by atoms with Gasteiger partial charge in [-0.2, -0.15) is 0 Å². The summed E-state index contributed by atoms with van der Waals surface area (Å²) >= 11 is 0. The lowest BCUT2D eigenvalue weighted by Crippen LogP contribution is -2.26. The molecule has 0 bridgehead atoms. The van der Waals surface area contributed by atoms with Crippen LogP contribution in [0.3, 0.4) is 0 Å². The molecule has 1 aromatic rings. The fraction of sp³-hybridized carbons (Fsp3) is 0.500. The second kappa shape index (κ2) is 7.12. The van der Waals surface area contributed by atoms with Crippen molar-refractivity contribution >= 4 is 11.6 Å². The van der Waals surface area contributed by atoms with E-state index >= 15 is 0 Å². The highest BCUT2D eigenvalue weighted by atomic mass is 16.7. The summed E-state index contributed by atoms with van der Waals surface area (Å²) in [7, 11) is 0. The third kappa shape index (κ3) is 3.85. The third-order valence-electron chi connectivity index (χ3n) is 2.68. The standard InChI is InChI=1S/C14H19NO5/c1-3-17-14(18-4-2)9-19-10-5-6-12-11(7-10)15-13(16)8-20-12/h5-7,14H,3-4,8-9H2,1-2H3,(H,15,16). The van der Waals surface area contributed by atoms with Gasteiger partial charge in [0.05, 0.1) is 5.69 Å². The molecule has 0 unspecified atom stereocenters. The van der Waals surface area contributed by atoms with Gasteiger partial charge in [-0.1, -0.05) is 0 Å². The lowest BCUT2D eigenvalue weighted by atomic mass is 10.2. The molecule has 0 aromatic heterocycles. The summed E-state index contributed by atoms with van der Waals surface area (Å²) < 4.78 is 21.7. The number of ether oxygens (including phenoxy) is 4. The van der Waals surface area contributed by atoms with Gasteiger partial charge >= 0.3 is 0 Å². The first kappa shape index (κ1) is 14.6. The lowest BCUT2D eigenvalue weighted by Gasteiger charge is -2.20. The molecule has 2 rings (SSSR count). The number of benzene rings is 1. The fourth-order valence-electron chi connectivity index (χ4n) is 1.83. The van der Waals surface area contributed by atoms with E-state index in [4.69, 9.17) is 18.9 Å². The molecule has 110 valence electrons. The molecule has 0 aliphatic carbocycles. The number of rotatable bonds is 7. The highest BCUT2D eigenvalue weighted by Gasteiger charge is 2.17. The van der Waals surface area contributed by atoms with Gasteiger partial charge in [-0.3, -0.25) is 4.79 Å². The van der Waals surface area contributed by atoms with Crippen molar-refractivity contribution in [3.05, 3.63) is 18.2 Å². The monoisotopic (exact) mass is 281 g/mol. The maximum absolute atomic E-state index is 11.3. The quantitative estimate of drug-likeness (QED) is 0.772. The molecule has 6 heteroatoms. The van der Waals surface area contributed by atoms with Crippen LogP contribution in [0.2, 0.25) is 0 Å².